The van der Waals surface area contributed by atoms with Crippen molar-refractivity contribution in [2.24, 2.45) is 4.99 Å². The van der Waals surface area contributed by atoms with Gasteiger partial charge in [-0.2, -0.15) is 0 Å². The lowest BCUT2D eigenvalue weighted by Gasteiger charge is -2.33. The summed E-state index contributed by atoms with van der Waals surface area (Å²) in [5.41, 5.74) is 8.34. The Morgan fingerprint density at radius 1 is 1.50 bits per heavy atom. The van der Waals surface area contributed by atoms with Crippen LogP contribution in [0.3, 0.4) is 0 Å². The highest BCUT2D eigenvalue weighted by Crippen LogP contribution is 2.21. The summed E-state index contributed by atoms with van der Waals surface area (Å²) in [6, 6.07) is 7.29. The van der Waals surface area contributed by atoms with E-state index in [4.69, 9.17) is 16.6 Å². The largest absolute Gasteiger partial charge is 0.397 e. The maximum absolute atomic E-state index is 9.43. The molecule has 2 atom stereocenters. The van der Waals surface area contributed by atoms with Gasteiger partial charge in [0.1, 0.15) is 5.82 Å². The number of hydrogen-bond donors (Lipinski definition) is 5. The number of hydrogen-bond acceptors (Lipinski definition) is 9. The first-order valence-electron chi connectivity index (χ1n) is 9.98. The Bertz CT molecular complexity index is 929. The summed E-state index contributed by atoms with van der Waals surface area (Å²) >= 11 is 0. The molecule has 30 heavy (non-hydrogen) atoms. The number of nitrogens with zero attached hydrogens (tertiary/aromatic N) is 4. The zero-order valence-corrected chi connectivity index (χ0v) is 17.0. The Hall–Kier alpha value is -3.17. The van der Waals surface area contributed by atoms with Crippen LogP contribution >= 0.6 is 0 Å². The number of nitrogens with one attached hydrogen (secondary N) is 3. The van der Waals surface area contributed by atoms with E-state index in [0.29, 0.717) is 35.7 Å². The minimum atomic E-state index is -0.368. The van der Waals surface area contributed by atoms with E-state index < -0.39 is 0 Å². The first-order chi connectivity index (χ1) is 14.6. The summed E-state index contributed by atoms with van der Waals surface area (Å²) in [6.07, 6.45) is 4.47. The van der Waals surface area contributed by atoms with Crippen LogP contribution in [0.25, 0.3) is 0 Å². The minimum absolute atomic E-state index is 0.00454. The standard InChI is InChI=1S/C21H28N8O/c1-2-25-10-14(9-22)19-8-16(17(23)11-27-19)21(24)18-4-3-5-20(28-18)29-7-6-26-15(12-29)13-30/h3-5,8-11,14-15,22,24,26,30H,2,6-7,12-13,23H2,1H3. The van der Waals surface area contributed by atoms with E-state index in [1.54, 1.807) is 18.3 Å². The third-order valence-corrected chi connectivity index (χ3v) is 4.99. The minimum Gasteiger partial charge on any atom is -0.397 e. The van der Waals surface area contributed by atoms with Crippen molar-refractivity contribution in [3.05, 3.63) is 47.4 Å². The molecule has 1 fully saturated rings. The van der Waals surface area contributed by atoms with Gasteiger partial charge in [-0.25, -0.2) is 4.98 Å². The molecule has 1 aliphatic heterocycles. The molecule has 1 aliphatic rings. The summed E-state index contributed by atoms with van der Waals surface area (Å²) in [6.45, 7) is 4.81. The summed E-state index contributed by atoms with van der Waals surface area (Å²) < 4.78 is 0. The van der Waals surface area contributed by atoms with E-state index in [1.807, 2.05) is 19.1 Å². The molecule has 9 nitrogen and oxygen atoms in total. The van der Waals surface area contributed by atoms with Crippen LogP contribution < -0.4 is 16.0 Å². The molecule has 0 aliphatic carbocycles. The number of piperazine rings is 1. The maximum Gasteiger partial charge on any atom is 0.129 e. The van der Waals surface area contributed by atoms with Crippen molar-refractivity contribution < 1.29 is 5.11 Å². The number of aliphatic imine (C=N–C) groups is 1. The smallest absolute Gasteiger partial charge is 0.129 e. The molecular formula is C21H28N8O. The molecule has 158 valence electrons. The second-order valence-electron chi connectivity index (χ2n) is 7.07. The van der Waals surface area contributed by atoms with Crippen molar-refractivity contribution >= 4 is 29.6 Å². The fourth-order valence-electron chi connectivity index (χ4n) is 3.34. The maximum atomic E-state index is 9.43. The molecule has 0 spiro atoms. The number of rotatable bonds is 8. The van der Waals surface area contributed by atoms with Gasteiger partial charge in [0, 0.05) is 50.2 Å². The van der Waals surface area contributed by atoms with Crippen LogP contribution in [0.4, 0.5) is 11.5 Å². The molecular weight excluding hydrogens is 380 g/mol. The highest BCUT2D eigenvalue weighted by atomic mass is 16.3. The monoisotopic (exact) mass is 408 g/mol. The van der Waals surface area contributed by atoms with Gasteiger partial charge >= 0.3 is 0 Å². The number of aromatic nitrogens is 2. The average Bonchev–Trinajstić information content (AvgIpc) is 2.80. The van der Waals surface area contributed by atoms with Gasteiger partial charge in [-0.15, -0.1) is 0 Å². The zero-order chi connectivity index (χ0) is 21.5. The van der Waals surface area contributed by atoms with Gasteiger partial charge < -0.3 is 26.5 Å². The van der Waals surface area contributed by atoms with Gasteiger partial charge in [-0.05, 0) is 25.1 Å². The van der Waals surface area contributed by atoms with E-state index in [9.17, 15) is 5.11 Å². The van der Waals surface area contributed by atoms with Crippen molar-refractivity contribution in [2.75, 3.05) is 43.4 Å². The number of nitrogen functional groups attached to an aromatic ring is 1. The predicted octanol–water partition coefficient (Wildman–Crippen LogP) is 1.07. The summed E-state index contributed by atoms with van der Waals surface area (Å²) in [7, 11) is 0. The van der Waals surface area contributed by atoms with Crippen molar-refractivity contribution in [1.82, 2.24) is 15.3 Å². The van der Waals surface area contributed by atoms with Gasteiger partial charge in [0.05, 0.1) is 41.5 Å². The Labute approximate surface area is 176 Å². The van der Waals surface area contributed by atoms with Gasteiger partial charge in [0.25, 0.3) is 0 Å². The zero-order valence-electron chi connectivity index (χ0n) is 17.0. The fourth-order valence-corrected chi connectivity index (χ4v) is 3.34. The van der Waals surface area contributed by atoms with E-state index in [2.05, 4.69) is 25.2 Å². The van der Waals surface area contributed by atoms with Crippen molar-refractivity contribution in [1.29, 1.82) is 10.8 Å². The highest BCUT2D eigenvalue weighted by molar-refractivity contribution is 6.13. The molecule has 3 rings (SSSR count). The first-order valence-corrected chi connectivity index (χ1v) is 9.98. The number of nitrogens with two attached hydrogens (primary N) is 1. The Morgan fingerprint density at radius 2 is 2.33 bits per heavy atom. The second-order valence-corrected chi connectivity index (χ2v) is 7.07. The summed E-state index contributed by atoms with van der Waals surface area (Å²) in [5.74, 6) is 0.394. The molecule has 2 unspecified atom stereocenters. The van der Waals surface area contributed by atoms with E-state index in [0.717, 1.165) is 18.9 Å². The molecule has 0 aromatic carbocycles. The van der Waals surface area contributed by atoms with Crippen molar-refractivity contribution in [3.63, 3.8) is 0 Å². The molecule has 0 saturated carbocycles. The molecule has 1 saturated heterocycles. The summed E-state index contributed by atoms with van der Waals surface area (Å²) in [5, 5.41) is 29.1. The van der Waals surface area contributed by atoms with Crippen LogP contribution in [0.1, 0.15) is 29.8 Å². The highest BCUT2D eigenvalue weighted by Gasteiger charge is 2.21. The van der Waals surface area contributed by atoms with E-state index in [-0.39, 0.29) is 24.3 Å². The lowest BCUT2D eigenvalue weighted by atomic mass is 10.0. The van der Waals surface area contributed by atoms with E-state index in [1.165, 1.54) is 12.4 Å². The average molecular weight is 409 g/mol. The normalized spacial score (nSPS) is 17.8. The van der Waals surface area contributed by atoms with Crippen LogP contribution in [0, 0.1) is 10.8 Å². The first kappa shape index (κ1) is 21.5. The van der Waals surface area contributed by atoms with Crippen LogP contribution in [0.15, 0.2) is 35.5 Å². The Balaban J connectivity index is 1.88. The fraction of sp³-hybridized carbons (Fsp3) is 0.381. The summed E-state index contributed by atoms with van der Waals surface area (Å²) in [4.78, 5) is 15.3. The van der Waals surface area contributed by atoms with Crippen molar-refractivity contribution in [3.8, 4) is 0 Å². The molecule has 9 heteroatoms. The van der Waals surface area contributed by atoms with Gasteiger partial charge in [-0.3, -0.25) is 15.4 Å². The molecule has 6 N–H and O–H groups in total. The molecule has 2 aromatic heterocycles. The Kier molecular flexibility index (Phi) is 7.21. The van der Waals surface area contributed by atoms with Gasteiger partial charge in [-0.1, -0.05) is 6.07 Å². The lowest BCUT2D eigenvalue weighted by molar-refractivity contribution is 0.235. The number of aliphatic hydroxyl groups excluding tert-OH is 1. The van der Waals surface area contributed by atoms with Gasteiger partial charge in [0.2, 0.25) is 0 Å². The number of pyridine rings is 2. The number of aliphatic hydroxyl groups is 1. The molecule has 0 amide bonds. The topological polar surface area (TPSA) is 147 Å². The third-order valence-electron chi connectivity index (χ3n) is 4.99. The van der Waals surface area contributed by atoms with Gasteiger partial charge in [0.15, 0.2) is 0 Å². The predicted molar refractivity (Wildman–Crippen MR) is 120 cm³/mol. The third kappa shape index (κ3) is 4.87. The quantitative estimate of drug-likeness (QED) is 0.413. The Morgan fingerprint density at radius 3 is 3.07 bits per heavy atom. The second kappa shape index (κ2) is 10.0. The van der Waals surface area contributed by atoms with Crippen molar-refractivity contribution in [2.45, 2.75) is 18.9 Å². The molecule has 0 bridgehead atoms. The van der Waals surface area contributed by atoms with Crippen LogP contribution in [-0.4, -0.2) is 72.0 Å². The number of anilines is 2. The van der Waals surface area contributed by atoms with Crippen LogP contribution in [0.5, 0.6) is 0 Å². The van der Waals surface area contributed by atoms with E-state index >= 15 is 0 Å². The van der Waals surface area contributed by atoms with Crippen LogP contribution in [-0.2, 0) is 0 Å². The van der Waals surface area contributed by atoms with Crippen LogP contribution in [0.2, 0.25) is 0 Å². The SMILES string of the molecule is CCN=CC(C=N)c1cc(C(=N)c2cccc(N3CCNC(CO)C3)n2)c(N)cn1. The molecule has 0 radical (unpaired) electrons. The molecule has 3 heterocycles. The molecule has 2 aromatic rings. The lowest BCUT2D eigenvalue weighted by Crippen LogP contribution is -2.52.